The Balaban J connectivity index is 1.46. The first-order valence-corrected chi connectivity index (χ1v) is 14.9. The van der Waals surface area contributed by atoms with Crippen LogP contribution in [0.2, 0.25) is 5.02 Å². The number of nitrogens with zero attached hydrogens (tertiary/aromatic N) is 3. The molecule has 0 aliphatic carbocycles. The number of hydrogen-bond acceptors (Lipinski definition) is 6. The van der Waals surface area contributed by atoms with Crippen molar-refractivity contribution in [2.45, 2.75) is 76.7 Å². The summed E-state index contributed by atoms with van der Waals surface area (Å²) < 4.78 is 27.4. The van der Waals surface area contributed by atoms with Crippen LogP contribution in [-0.4, -0.2) is 57.8 Å². The van der Waals surface area contributed by atoms with Crippen molar-refractivity contribution in [1.29, 1.82) is 0 Å². The first kappa shape index (κ1) is 30.0. The summed E-state index contributed by atoms with van der Waals surface area (Å²) in [4.78, 5) is 33.2. The molecule has 0 radical (unpaired) electrons. The maximum atomic E-state index is 14.0. The molecule has 3 heterocycles. The van der Waals surface area contributed by atoms with Gasteiger partial charge in [0.1, 0.15) is 29.9 Å². The summed E-state index contributed by atoms with van der Waals surface area (Å²) in [6, 6.07) is 13.3. The molecule has 0 saturated carbocycles. The standard InChI is InChI=1S/C32H38ClFN4O4/c1-32(2,3)42-31(40)37-16-13-22(14-17-37)29-36-27(23-11-12-25(34)24(33)18-23)19-38(29)28(26-10-7-15-35-26)30(39)41-20-21-8-5-4-6-9-21/h4-6,8-9,11-12,18-19,22,26,28,35H,7,10,13-17,20H2,1-3H3/t26?,28-/m1/s1. The lowest BCUT2D eigenvalue weighted by molar-refractivity contribution is -0.150. The summed E-state index contributed by atoms with van der Waals surface area (Å²) in [6.07, 6.45) is 4.60. The van der Waals surface area contributed by atoms with Gasteiger partial charge in [0.2, 0.25) is 0 Å². The summed E-state index contributed by atoms with van der Waals surface area (Å²) in [7, 11) is 0. The average molecular weight is 597 g/mol. The molecule has 2 aliphatic heterocycles. The Morgan fingerprint density at radius 1 is 1.12 bits per heavy atom. The molecule has 2 saturated heterocycles. The summed E-state index contributed by atoms with van der Waals surface area (Å²) in [5.41, 5.74) is 1.59. The van der Waals surface area contributed by atoms with E-state index in [-0.39, 0.29) is 35.7 Å². The van der Waals surface area contributed by atoms with Crippen LogP contribution >= 0.6 is 11.6 Å². The molecule has 2 aromatic carbocycles. The van der Waals surface area contributed by atoms with Crippen LogP contribution in [0.1, 0.15) is 69.8 Å². The monoisotopic (exact) mass is 596 g/mol. The van der Waals surface area contributed by atoms with Crippen molar-refractivity contribution in [1.82, 2.24) is 19.8 Å². The Labute approximate surface area is 251 Å². The van der Waals surface area contributed by atoms with Crippen LogP contribution in [-0.2, 0) is 20.9 Å². The van der Waals surface area contributed by atoms with Crippen LogP contribution in [0.15, 0.2) is 54.7 Å². The number of likely N-dealkylation sites (tertiary alicyclic amines) is 1. The van der Waals surface area contributed by atoms with Crippen molar-refractivity contribution in [3.05, 3.63) is 77.0 Å². The van der Waals surface area contributed by atoms with Gasteiger partial charge in [-0.05, 0) is 76.8 Å². The van der Waals surface area contributed by atoms with Crippen LogP contribution in [0.3, 0.4) is 0 Å². The molecule has 10 heteroatoms. The molecule has 1 N–H and O–H groups in total. The number of piperidine rings is 1. The maximum Gasteiger partial charge on any atom is 0.410 e. The van der Waals surface area contributed by atoms with Crippen molar-refractivity contribution in [3.8, 4) is 11.3 Å². The largest absolute Gasteiger partial charge is 0.459 e. The minimum atomic E-state index is -0.646. The smallest absolute Gasteiger partial charge is 0.410 e. The number of ether oxygens (including phenoxy) is 2. The van der Waals surface area contributed by atoms with Crippen molar-refractivity contribution in [2.24, 2.45) is 0 Å². The molecule has 8 nitrogen and oxygen atoms in total. The normalized spacial score (nSPS) is 18.6. The van der Waals surface area contributed by atoms with E-state index in [4.69, 9.17) is 26.1 Å². The molecular formula is C32H38ClFN4O4. The second kappa shape index (κ2) is 12.8. The Morgan fingerprint density at radius 3 is 2.50 bits per heavy atom. The molecule has 0 spiro atoms. The lowest BCUT2D eigenvalue weighted by Crippen LogP contribution is -2.42. The molecule has 2 fully saturated rings. The minimum absolute atomic E-state index is 0.00514. The van der Waals surface area contributed by atoms with E-state index < -0.39 is 17.5 Å². The van der Waals surface area contributed by atoms with Gasteiger partial charge >= 0.3 is 12.1 Å². The fraction of sp³-hybridized carbons (Fsp3) is 0.469. The summed E-state index contributed by atoms with van der Waals surface area (Å²) in [5.74, 6) is -0.122. The molecular weight excluding hydrogens is 559 g/mol. The van der Waals surface area contributed by atoms with Gasteiger partial charge in [-0.3, -0.25) is 0 Å². The van der Waals surface area contributed by atoms with Crippen LogP contribution in [0.5, 0.6) is 0 Å². The number of halogens is 2. The molecule has 1 aromatic heterocycles. The highest BCUT2D eigenvalue weighted by Gasteiger charge is 2.38. The number of carbonyl (C=O) groups excluding carboxylic acids is 2. The molecule has 224 valence electrons. The van der Waals surface area contributed by atoms with Crippen molar-refractivity contribution >= 4 is 23.7 Å². The number of nitrogens with one attached hydrogen (secondary N) is 1. The number of hydrogen-bond donors (Lipinski definition) is 1. The number of amides is 1. The van der Waals surface area contributed by atoms with Gasteiger partial charge in [-0.1, -0.05) is 41.9 Å². The van der Waals surface area contributed by atoms with E-state index in [1.807, 2.05) is 61.9 Å². The van der Waals surface area contributed by atoms with Gasteiger partial charge in [-0.2, -0.15) is 0 Å². The molecule has 1 amide bonds. The highest BCUT2D eigenvalue weighted by Crippen LogP contribution is 2.35. The van der Waals surface area contributed by atoms with Crippen LogP contribution in [0.4, 0.5) is 9.18 Å². The lowest BCUT2D eigenvalue weighted by Gasteiger charge is -2.34. The van der Waals surface area contributed by atoms with E-state index in [1.54, 1.807) is 17.0 Å². The number of esters is 1. The topological polar surface area (TPSA) is 85.7 Å². The number of carbonyl (C=O) groups is 2. The predicted octanol–water partition coefficient (Wildman–Crippen LogP) is 6.49. The van der Waals surface area contributed by atoms with Crippen molar-refractivity contribution in [3.63, 3.8) is 0 Å². The fourth-order valence-corrected chi connectivity index (χ4v) is 5.82. The molecule has 3 aromatic rings. The second-order valence-corrected chi connectivity index (χ2v) is 12.4. The number of aromatic nitrogens is 2. The Bertz CT molecular complexity index is 1390. The number of benzene rings is 2. The van der Waals surface area contributed by atoms with E-state index in [9.17, 15) is 14.0 Å². The Kier molecular flexibility index (Phi) is 9.18. The molecule has 2 aliphatic rings. The molecule has 2 atom stereocenters. The predicted molar refractivity (Wildman–Crippen MR) is 159 cm³/mol. The summed E-state index contributed by atoms with van der Waals surface area (Å²) >= 11 is 6.12. The van der Waals surface area contributed by atoms with Gasteiger partial charge in [-0.15, -0.1) is 0 Å². The van der Waals surface area contributed by atoms with Gasteiger partial charge in [0.25, 0.3) is 0 Å². The first-order valence-electron chi connectivity index (χ1n) is 14.5. The fourth-order valence-electron chi connectivity index (χ4n) is 5.64. The van der Waals surface area contributed by atoms with Gasteiger partial charge in [-0.25, -0.2) is 19.0 Å². The third kappa shape index (κ3) is 7.13. The van der Waals surface area contributed by atoms with Crippen molar-refractivity contribution < 1.29 is 23.5 Å². The third-order valence-electron chi connectivity index (χ3n) is 7.73. The van der Waals surface area contributed by atoms with E-state index in [2.05, 4.69) is 5.32 Å². The molecule has 5 rings (SSSR count). The highest BCUT2D eigenvalue weighted by molar-refractivity contribution is 6.31. The van der Waals surface area contributed by atoms with Gasteiger partial charge in [0.05, 0.1) is 10.7 Å². The van der Waals surface area contributed by atoms with Crippen LogP contribution in [0.25, 0.3) is 11.3 Å². The van der Waals surface area contributed by atoms with Gasteiger partial charge in [0.15, 0.2) is 0 Å². The summed E-state index contributed by atoms with van der Waals surface area (Å²) in [6.45, 7) is 7.56. The number of rotatable bonds is 7. The zero-order chi connectivity index (χ0) is 29.9. The zero-order valence-electron chi connectivity index (χ0n) is 24.3. The summed E-state index contributed by atoms with van der Waals surface area (Å²) in [5, 5.41) is 3.49. The van der Waals surface area contributed by atoms with E-state index in [0.717, 1.165) is 30.8 Å². The van der Waals surface area contributed by atoms with Crippen molar-refractivity contribution in [2.75, 3.05) is 19.6 Å². The third-order valence-corrected chi connectivity index (χ3v) is 8.02. The lowest BCUT2D eigenvalue weighted by atomic mass is 9.95. The SMILES string of the molecule is CC(C)(C)OC(=O)N1CCC(c2nc(-c3ccc(F)c(Cl)c3)cn2[C@@H](C(=O)OCc2ccccc2)C2CCCN2)CC1. The zero-order valence-corrected chi connectivity index (χ0v) is 25.1. The maximum absolute atomic E-state index is 14.0. The molecule has 42 heavy (non-hydrogen) atoms. The first-order chi connectivity index (χ1) is 20.1. The number of imidazole rings is 1. The van der Waals surface area contributed by atoms with Gasteiger partial charge < -0.3 is 24.3 Å². The van der Waals surface area contributed by atoms with E-state index >= 15 is 0 Å². The van der Waals surface area contributed by atoms with Crippen LogP contribution < -0.4 is 5.32 Å². The van der Waals surface area contributed by atoms with Gasteiger partial charge in [0, 0.05) is 36.8 Å². The molecule has 1 unspecified atom stereocenters. The van der Waals surface area contributed by atoms with Crippen LogP contribution in [0, 0.1) is 5.82 Å². The minimum Gasteiger partial charge on any atom is -0.459 e. The van der Waals surface area contributed by atoms with E-state index in [0.29, 0.717) is 37.2 Å². The Hall–Kier alpha value is -3.43. The van der Waals surface area contributed by atoms with E-state index in [1.165, 1.54) is 6.07 Å². The Morgan fingerprint density at radius 2 is 1.86 bits per heavy atom. The quantitative estimate of drug-likeness (QED) is 0.314. The average Bonchev–Trinajstić information content (AvgIpc) is 3.65. The second-order valence-electron chi connectivity index (χ2n) is 12.0. The molecule has 0 bridgehead atoms. The highest BCUT2D eigenvalue weighted by atomic mass is 35.5.